The molecule has 2 heterocycles. The van der Waals surface area contributed by atoms with Crippen molar-refractivity contribution in [3.63, 3.8) is 0 Å². The van der Waals surface area contributed by atoms with Gasteiger partial charge in [-0.2, -0.15) is 0 Å². The Kier molecular flexibility index (Phi) is 3.69. The number of aryl methyl sites for hydroxylation is 1. The second-order valence-corrected chi connectivity index (χ2v) is 5.88. The van der Waals surface area contributed by atoms with Crippen LogP contribution in [0.1, 0.15) is 44.9 Å². The molecule has 0 spiro atoms. The zero-order chi connectivity index (χ0) is 13.2. The summed E-state index contributed by atoms with van der Waals surface area (Å²) in [6.45, 7) is 2.96. The van der Waals surface area contributed by atoms with Gasteiger partial charge < -0.3 is 9.88 Å². The van der Waals surface area contributed by atoms with Crippen LogP contribution in [-0.4, -0.2) is 27.4 Å². The summed E-state index contributed by atoms with van der Waals surface area (Å²) in [6.07, 6.45) is 10.4. The standard InChI is InChI=1S/C15H23N3O/c1-2-18-8-7-16-15(18)10-14(19)13-9-11-5-3-4-6-12(11)17-13/h7-8,11-13,17H,2-6,9-10H2,1H3. The van der Waals surface area contributed by atoms with Gasteiger partial charge in [-0.25, -0.2) is 4.98 Å². The Morgan fingerprint density at radius 1 is 1.47 bits per heavy atom. The molecular weight excluding hydrogens is 238 g/mol. The molecule has 0 amide bonds. The minimum absolute atomic E-state index is 0.0649. The molecule has 1 aliphatic carbocycles. The highest BCUT2D eigenvalue weighted by molar-refractivity contribution is 5.86. The van der Waals surface area contributed by atoms with E-state index in [2.05, 4.69) is 21.8 Å². The van der Waals surface area contributed by atoms with E-state index in [0.717, 1.165) is 24.7 Å². The number of hydrogen-bond acceptors (Lipinski definition) is 3. The van der Waals surface area contributed by atoms with Gasteiger partial charge in [-0.1, -0.05) is 12.8 Å². The summed E-state index contributed by atoms with van der Waals surface area (Å²) in [5, 5.41) is 3.56. The normalized spacial score (nSPS) is 30.3. The summed E-state index contributed by atoms with van der Waals surface area (Å²) in [6, 6.07) is 0.656. The molecule has 0 radical (unpaired) electrons. The van der Waals surface area contributed by atoms with E-state index in [1.54, 1.807) is 6.20 Å². The van der Waals surface area contributed by atoms with Gasteiger partial charge in [0.25, 0.3) is 0 Å². The SMILES string of the molecule is CCn1ccnc1CC(=O)C1CC2CCCCC2N1. The van der Waals surface area contributed by atoms with Crippen molar-refractivity contribution < 1.29 is 4.79 Å². The van der Waals surface area contributed by atoms with E-state index in [1.165, 1.54) is 25.7 Å². The zero-order valence-corrected chi connectivity index (χ0v) is 11.6. The van der Waals surface area contributed by atoms with Crippen molar-refractivity contribution in [3.8, 4) is 0 Å². The lowest BCUT2D eigenvalue weighted by molar-refractivity contribution is -0.120. The predicted molar refractivity (Wildman–Crippen MR) is 73.9 cm³/mol. The Balaban J connectivity index is 1.62. The van der Waals surface area contributed by atoms with Crippen LogP contribution < -0.4 is 5.32 Å². The third-order valence-electron chi connectivity index (χ3n) is 4.73. The average Bonchev–Trinajstić information content (AvgIpc) is 3.03. The molecule has 0 aromatic carbocycles. The minimum Gasteiger partial charge on any atom is -0.335 e. The van der Waals surface area contributed by atoms with Gasteiger partial charge in [0.15, 0.2) is 5.78 Å². The minimum atomic E-state index is 0.0649. The van der Waals surface area contributed by atoms with Crippen molar-refractivity contribution in [2.75, 3.05) is 0 Å². The van der Waals surface area contributed by atoms with Crippen molar-refractivity contribution in [2.45, 2.75) is 64.1 Å². The number of carbonyl (C=O) groups is 1. The number of nitrogens with one attached hydrogen (secondary N) is 1. The van der Waals surface area contributed by atoms with Crippen LogP contribution >= 0.6 is 0 Å². The molecule has 3 atom stereocenters. The van der Waals surface area contributed by atoms with Crippen molar-refractivity contribution in [2.24, 2.45) is 5.92 Å². The van der Waals surface area contributed by atoms with Crippen molar-refractivity contribution in [3.05, 3.63) is 18.2 Å². The molecule has 1 aromatic rings. The van der Waals surface area contributed by atoms with E-state index in [0.29, 0.717) is 18.2 Å². The van der Waals surface area contributed by atoms with Crippen LogP contribution in [0, 0.1) is 5.92 Å². The Labute approximate surface area is 114 Å². The van der Waals surface area contributed by atoms with Crippen molar-refractivity contribution in [1.29, 1.82) is 0 Å². The highest BCUT2D eigenvalue weighted by Gasteiger charge is 2.38. The summed E-state index contributed by atoms with van der Waals surface area (Å²) in [5.41, 5.74) is 0. The largest absolute Gasteiger partial charge is 0.335 e. The van der Waals surface area contributed by atoms with Gasteiger partial charge in [-0.05, 0) is 32.1 Å². The van der Waals surface area contributed by atoms with Crippen LogP contribution in [0.25, 0.3) is 0 Å². The van der Waals surface area contributed by atoms with Gasteiger partial charge in [-0.3, -0.25) is 4.79 Å². The highest BCUT2D eigenvalue weighted by Crippen LogP contribution is 2.33. The van der Waals surface area contributed by atoms with E-state index in [4.69, 9.17) is 0 Å². The topological polar surface area (TPSA) is 46.9 Å². The summed E-state index contributed by atoms with van der Waals surface area (Å²) < 4.78 is 2.06. The summed E-state index contributed by atoms with van der Waals surface area (Å²) in [7, 11) is 0. The fourth-order valence-corrected chi connectivity index (χ4v) is 3.64. The summed E-state index contributed by atoms with van der Waals surface area (Å²) in [5.74, 6) is 1.95. The van der Waals surface area contributed by atoms with Crippen LogP contribution in [-0.2, 0) is 17.8 Å². The lowest BCUT2D eigenvalue weighted by atomic mass is 9.84. The van der Waals surface area contributed by atoms with Gasteiger partial charge in [-0.15, -0.1) is 0 Å². The van der Waals surface area contributed by atoms with E-state index < -0.39 is 0 Å². The van der Waals surface area contributed by atoms with Crippen LogP contribution in [0.2, 0.25) is 0 Å². The molecule has 1 aromatic heterocycles. The molecule has 4 heteroatoms. The number of carbonyl (C=O) groups excluding carboxylic acids is 1. The first-order valence-corrected chi connectivity index (χ1v) is 7.56. The zero-order valence-electron chi connectivity index (χ0n) is 11.6. The van der Waals surface area contributed by atoms with E-state index >= 15 is 0 Å². The number of aromatic nitrogens is 2. The lowest BCUT2D eigenvalue weighted by Crippen LogP contribution is -2.38. The maximum atomic E-state index is 12.4. The van der Waals surface area contributed by atoms with Gasteiger partial charge in [0.05, 0.1) is 12.5 Å². The summed E-state index contributed by atoms with van der Waals surface area (Å²) in [4.78, 5) is 16.7. The molecule has 4 nitrogen and oxygen atoms in total. The maximum absolute atomic E-state index is 12.4. The van der Waals surface area contributed by atoms with Gasteiger partial charge >= 0.3 is 0 Å². The number of ketones is 1. The lowest BCUT2D eigenvalue weighted by Gasteiger charge is -2.24. The fourth-order valence-electron chi connectivity index (χ4n) is 3.64. The van der Waals surface area contributed by atoms with E-state index in [1.807, 2.05) is 6.20 Å². The quantitative estimate of drug-likeness (QED) is 0.901. The monoisotopic (exact) mass is 261 g/mol. The molecule has 3 unspecified atom stereocenters. The van der Waals surface area contributed by atoms with Crippen LogP contribution in [0.5, 0.6) is 0 Å². The molecule has 1 saturated carbocycles. The van der Waals surface area contributed by atoms with E-state index in [-0.39, 0.29) is 6.04 Å². The number of Topliss-reactive ketones (excluding diaryl/α,β-unsaturated/α-hetero) is 1. The van der Waals surface area contributed by atoms with Crippen LogP contribution in [0.3, 0.4) is 0 Å². The molecule has 1 N–H and O–H groups in total. The van der Waals surface area contributed by atoms with Crippen molar-refractivity contribution >= 4 is 5.78 Å². The first-order valence-electron chi connectivity index (χ1n) is 7.56. The second kappa shape index (κ2) is 5.45. The Morgan fingerprint density at radius 2 is 2.32 bits per heavy atom. The Morgan fingerprint density at radius 3 is 3.11 bits per heavy atom. The number of hydrogen-bond donors (Lipinski definition) is 1. The molecule has 104 valence electrons. The highest BCUT2D eigenvalue weighted by atomic mass is 16.1. The maximum Gasteiger partial charge on any atom is 0.157 e. The predicted octanol–water partition coefficient (Wildman–Crippen LogP) is 1.94. The fraction of sp³-hybridized carbons (Fsp3) is 0.733. The number of fused-ring (bicyclic) bond motifs is 1. The molecule has 2 fully saturated rings. The molecule has 1 aliphatic heterocycles. The van der Waals surface area contributed by atoms with Gasteiger partial charge in [0, 0.05) is 25.0 Å². The third-order valence-corrected chi connectivity index (χ3v) is 4.73. The first-order chi connectivity index (χ1) is 9.28. The Hall–Kier alpha value is -1.16. The Bertz CT molecular complexity index is 440. The van der Waals surface area contributed by atoms with E-state index in [9.17, 15) is 4.79 Å². The van der Waals surface area contributed by atoms with Gasteiger partial charge in [0.2, 0.25) is 0 Å². The number of nitrogens with zero attached hydrogens (tertiary/aromatic N) is 2. The number of imidazole rings is 1. The molecule has 0 bridgehead atoms. The average molecular weight is 261 g/mol. The second-order valence-electron chi connectivity index (χ2n) is 5.88. The van der Waals surface area contributed by atoms with Crippen molar-refractivity contribution in [1.82, 2.24) is 14.9 Å². The smallest absolute Gasteiger partial charge is 0.157 e. The molecule has 2 aliphatic rings. The molecular formula is C15H23N3O. The first kappa shape index (κ1) is 12.9. The molecule has 19 heavy (non-hydrogen) atoms. The number of rotatable bonds is 4. The van der Waals surface area contributed by atoms with Crippen LogP contribution in [0.15, 0.2) is 12.4 Å². The summed E-state index contributed by atoms with van der Waals surface area (Å²) >= 11 is 0. The molecule has 3 rings (SSSR count). The van der Waals surface area contributed by atoms with Crippen LogP contribution in [0.4, 0.5) is 0 Å². The van der Waals surface area contributed by atoms with Gasteiger partial charge in [0.1, 0.15) is 5.82 Å². The third kappa shape index (κ3) is 2.59. The molecule has 1 saturated heterocycles.